The van der Waals surface area contributed by atoms with Crippen LogP contribution in [0.1, 0.15) is 21.5 Å². The zero-order chi connectivity index (χ0) is 8.43. The van der Waals surface area contributed by atoms with E-state index in [9.17, 15) is 4.79 Å². The van der Waals surface area contributed by atoms with Crippen LogP contribution >= 0.6 is 11.6 Å². The molecule has 0 fully saturated rings. The van der Waals surface area contributed by atoms with Gasteiger partial charge in [0.15, 0.2) is 0 Å². The third-order valence-electron chi connectivity index (χ3n) is 1.73. The largest absolute Gasteiger partial charge is 0.276 e. The Morgan fingerprint density at radius 1 is 1.27 bits per heavy atom. The topological polar surface area (TPSA) is 17.1 Å². The molecular weight excluding hydrogens is 160 g/mol. The van der Waals surface area contributed by atoms with Gasteiger partial charge in [0.05, 0.1) is 0 Å². The van der Waals surface area contributed by atoms with Gasteiger partial charge in [0.2, 0.25) is 0 Å². The number of benzene rings is 1. The molecule has 0 saturated carbocycles. The van der Waals surface area contributed by atoms with Gasteiger partial charge in [-0.3, -0.25) is 4.79 Å². The van der Waals surface area contributed by atoms with Gasteiger partial charge < -0.3 is 0 Å². The summed E-state index contributed by atoms with van der Waals surface area (Å²) in [5, 5.41) is -0.395. The van der Waals surface area contributed by atoms with E-state index in [0.29, 0.717) is 5.56 Å². The predicted octanol–water partition coefficient (Wildman–Crippen LogP) is 2.68. The van der Waals surface area contributed by atoms with Crippen molar-refractivity contribution in [3.8, 4) is 0 Å². The van der Waals surface area contributed by atoms with E-state index < -0.39 is 5.24 Å². The van der Waals surface area contributed by atoms with Gasteiger partial charge in [0.25, 0.3) is 5.24 Å². The van der Waals surface area contributed by atoms with Crippen molar-refractivity contribution < 1.29 is 4.79 Å². The highest BCUT2D eigenvalue weighted by Crippen LogP contribution is 2.11. The standard InChI is InChI=1S/C9H9ClO/c1-6-3-4-8(9(10)11)5-7(6)2/h3-5H,1-2H3. The van der Waals surface area contributed by atoms with Crippen molar-refractivity contribution in [3.05, 3.63) is 34.9 Å². The Bertz CT molecular complexity index is 292. The van der Waals surface area contributed by atoms with Crippen LogP contribution in [0.3, 0.4) is 0 Å². The van der Waals surface area contributed by atoms with Crippen LogP contribution < -0.4 is 0 Å². The summed E-state index contributed by atoms with van der Waals surface area (Å²) >= 11 is 5.29. The van der Waals surface area contributed by atoms with E-state index in [4.69, 9.17) is 11.6 Å². The van der Waals surface area contributed by atoms with E-state index >= 15 is 0 Å². The number of hydrogen-bond acceptors (Lipinski definition) is 1. The molecule has 1 nitrogen and oxygen atoms in total. The third-order valence-corrected chi connectivity index (χ3v) is 1.95. The van der Waals surface area contributed by atoms with Crippen molar-refractivity contribution in [2.45, 2.75) is 13.8 Å². The predicted molar refractivity (Wildman–Crippen MR) is 46.1 cm³/mol. The smallest absolute Gasteiger partial charge is 0.252 e. The summed E-state index contributed by atoms with van der Waals surface area (Å²) in [5.41, 5.74) is 2.83. The molecule has 0 radical (unpaired) electrons. The quantitative estimate of drug-likeness (QED) is 0.590. The molecule has 0 aliphatic carbocycles. The Balaban J connectivity index is 3.15. The van der Waals surface area contributed by atoms with E-state index in [0.717, 1.165) is 5.56 Å². The van der Waals surface area contributed by atoms with Crippen LogP contribution in [0.2, 0.25) is 0 Å². The van der Waals surface area contributed by atoms with Gasteiger partial charge in [-0.2, -0.15) is 0 Å². The second-order valence-corrected chi connectivity index (χ2v) is 2.92. The highest BCUT2D eigenvalue weighted by atomic mass is 35.5. The second kappa shape index (κ2) is 3.05. The zero-order valence-electron chi connectivity index (χ0n) is 6.52. The number of carbonyl (C=O) groups excluding carboxylic acids is 1. The summed E-state index contributed by atoms with van der Waals surface area (Å²) < 4.78 is 0. The van der Waals surface area contributed by atoms with E-state index in [-0.39, 0.29) is 0 Å². The minimum Gasteiger partial charge on any atom is -0.276 e. The lowest BCUT2D eigenvalue weighted by molar-refractivity contribution is 0.108. The molecule has 0 atom stereocenters. The molecular formula is C9H9ClO. The Morgan fingerprint density at radius 3 is 2.36 bits per heavy atom. The Hall–Kier alpha value is -0.820. The molecule has 0 N–H and O–H groups in total. The monoisotopic (exact) mass is 168 g/mol. The first-order chi connectivity index (χ1) is 5.11. The van der Waals surface area contributed by atoms with Crippen LogP contribution in [0.5, 0.6) is 0 Å². The molecule has 0 bridgehead atoms. The van der Waals surface area contributed by atoms with E-state index in [1.165, 1.54) is 5.56 Å². The number of rotatable bonds is 1. The van der Waals surface area contributed by atoms with E-state index in [1.54, 1.807) is 12.1 Å². The Kier molecular flexibility index (Phi) is 2.30. The van der Waals surface area contributed by atoms with Gasteiger partial charge in [-0.1, -0.05) is 6.07 Å². The number of hydrogen-bond donors (Lipinski definition) is 0. The molecule has 1 aromatic carbocycles. The van der Waals surface area contributed by atoms with Crippen molar-refractivity contribution in [1.29, 1.82) is 0 Å². The summed E-state index contributed by atoms with van der Waals surface area (Å²) in [6.45, 7) is 3.95. The van der Waals surface area contributed by atoms with Gasteiger partial charge in [0.1, 0.15) is 0 Å². The lowest BCUT2D eigenvalue weighted by atomic mass is 10.1. The fourth-order valence-electron chi connectivity index (χ4n) is 0.864. The maximum atomic E-state index is 10.7. The average molecular weight is 169 g/mol. The maximum absolute atomic E-state index is 10.7. The normalized spacial score (nSPS) is 9.73. The molecule has 1 rings (SSSR count). The maximum Gasteiger partial charge on any atom is 0.252 e. The summed E-state index contributed by atoms with van der Waals surface area (Å²) in [6.07, 6.45) is 0. The number of carbonyl (C=O) groups is 1. The molecule has 0 aromatic heterocycles. The van der Waals surface area contributed by atoms with Gasteiger partial charge in [-0.15, -0.1) is 0 Å². The zero-order valence-corrected chi connectivity index (χ0v) is 7.27. The third kappa shape index (κ3) is 1.81. The molecule has 0 unspecified atom stereocenters. The fourth-order valence-corrected chi connectivity index (χ4v) is 0.981. The minimum absolute atomic E-state index is 0.395. The van der Waals surface area contributed by atoms with Gasteiger partial charge in [-0.25, -0.2) is 0 Å². The average Bonchev–Trinajstić information content (AvgIpc) is 1.94. The van der Waals surface area contributed by atoms with Crippen molar-refractivity contribution >= 4 is 16.8 Å². The van der Waals surface area contributed by atoms with Crippen LogP contribution in [0.4, 0.5) is 0 Å². The SMILES string of the molecule is Cc1ccc(C(=O)Cl)cc1C. The summed E-state index contributed by atoms with van der Waals surface area (Å²) in [4.78, 5) is 10.7. The Labute approximate surface area is 71.0 Å². The highest BCUT2D eigenvalue weighted by molar-refractivity contribution is 6.67. The first-order valence-electron chi connectivity index (χ1n) is 3.38. The van der Waals surface area contributed by atoms with Crippen LogP contribution in [-0.4, -0.2) is 5.24 Å². The van der Waals surface area contributed by atoms with Crippen molar-refractivity contribution in [3.63, 3.8) is 0 Å². The lowest BCUT2D eigenvalue weighted by Gasteiger charge is -1.99. The molecule has 58 valence electrons. The highest BCUT2D eigenvalue weighted by Gasteiger charge is 2.01. The molecule has 0 aliphatic rings. The molecule has 1 aromatic rings. The molecule has 11 heavy (non-hydrogen) atoms. The molecule has 2 heteroatoms. The van der Waals surface area contributed by atoms with Crippen LogP contribution in [0.15, 0.2) is 18.2 Å². The first-order valence-corrected chi connectivity index (χ1v) is 3.76. The van der Waals surface area contributed by atoms with Crippen LogP contribution in [-0.2, 0) is 0 Å². The number of halogens is 1. The van der Waals surface area contributed by atoms with Gasteiger partial charge in [-0.05, 0) is 48.7 Å². The van der Waals surface area contributed by atoms with Gasteiger partial charge >= 0.3 is 0 Å². The summed E-state index contributed by atoms with van der Waals surface area (Å²) in [6, 6.07) is 5.42. The molecule has 0 spiro atoms. The van der Waals surface area contributed by atoms with Crippen molar-refractivity contribution in [2.75, 3.05) is 0 Å². The first kappa shape index (κ1) is 8.28. The van der Waals surface area contributed by atoms with Crippen molar-refractivity contribution in [2.24, 2.45) is 0 Å². The molecule has 0 amide bonds. The van der Waals surface area contributed by atoms with Crippen molar-refractivity contribution in [1.82, 2.24) is 0 Å². The fraction of sp³-hybridized carbons (Fsp3) is 0.222. The summed E-state index contributed by atoms with van der Waals surface area (Å²) in [7, 11) is 0. The lowest BCUT2D eigenvalue weighted by Crippen LogP contribution is -1.90. The van der Waals surface area contributed by atoms with E-state index in [1.807, 2.05) is 19.9 Å². The second-order valence-electron chi connectivity index (χ2n) is 2.57. The molecule has 0 saturated heterocycles. The summed E-state index contributed by atoms with van der Waals surface area (Å²) in [5.74, 6) is 0. The van der Waals surface area contributed by atoms with Crippen LogP contribution in [0.25, 0.3) is 0 Å². The number of aryl methyl sites for hydroxylation is 2. The van der Waals surface area contributed by atoms with E-state index in [2.05, 4.69) is 0 Å². The van der Waals surface area contributed by atoms with Gasteiger partial charge in [0, 0.05) is 5.56 Å². The molecule has 0 aliphatic heterocycles. The molecule has 0 heterocycles. The Morgan fingerprint density at radius 2 is 1.91 bits per heavy atom. The minimum atomic E-state index is -0.395. The van der Waals surface area contributed by atoms with Crippen LogP contribution in [0, 0.1) is 13.8 Å².